The monoisotopic (exact) mass is 359 g/mol. The molecule has 0 aromatic carbocycles. The molecule has 7 heteroatoms. The van der Waals surface area contributed by atoms with Crippen LogP contribution in [0.15, 0.2) is 0 Å². The number of amides is 2. The zero-order valence-corrected chi connectivity index (χ0v) is 16.0. The maximum absolute atomic E-state index is 12.4. The molecule has 0 bridgehead atoms. The molecule has 132 valence electrons. The van der Waals surface area contributed by atoms with Crippen LogP contribution in [0.2, 0.25) is 0 Å². The maximum atomic E-state index is 12.4. The van der Waals surface area contributed by atoms with E-state index in [-0.39, 0.29) is 17.0 Å². The van der Waals surface area contributed by atoms with E-state index in [2.05, 4.69) is 17.1 Å². The number of nitrogens with zero attached hydrogens (tertiary/aromatic N) is 2. The Morgan fingerprint density at radius 2 is 2.09 bits per heavy atom. The van der Waals surface area contributed by atoms with Gasteiger partial charge < -0.3 is 10.2 Å². The summed E-state index contributed by atoms with van der Waals surface area (Å²) >= 11 is 6.87. The summed E-state index contributed by atoms with van der Waals surface area (Å²) in [6.07, 6.45) is 7.68. The van der Waals surface area contributed by atoms with Gasteiger partial charge in [-0.2, -0.15) is 5.06 Å². The van der Waals surface area contributed by atoms with E-state index >= 15 is 0 Å². The normalized spacial score (nSPS) is 24.8. The fraction of sp³-hybridized carbons (Fsp3) is 0.875. The SMILES string of the molecule is CCCCN1C(=S)S[C@H](N(O)C(=O)NC2CCCCC2)C1(C)C. The van der Waals surface area contributed by atoms with Crippen LogP contribution in [0.1, 0.15) is 65.7 Å². The van der Waals surface area contributed by atoms with E-state index < -0.39 is 6.03 Å². The Labute approximate surface area is 149 Å². The van der Waals surface area contributed by atoms with Gasteiger partial charge in [-0.15, -0.1) is 0 Å². The standard InChI is InChI=1S/C16H29N3O2S2/c1-4-5-11-18-15(22)23-13(16(18,2)3)19(21)14(20)17-12-9-7-6-8-10-12/h12-13,21H,4-11H2,1-3H3,(H,17,20)/t13-/m0/s1. The van der Waals surface area contributed by atoms with Gasteiger partial charge in [0.1, 0.15) is 9.69 Å². The van der Waals surface area contributed by atoms with Gasteiger partial charge in [0.15, 0.2) is 0 Å². The second kappa shape index (κ2) is 8.03. The van der Waals surface area contributed by atoms with Gasteiger partial charge in [0.2, 0.25) is 0 Å². The predicted molar refractivity (Wildman–Crippen MR) is 98.7 cm³/mol. The molecule has 1 aliphatic heterocycles. The van der Waals surface area contributed by atoms with Crippen LogP contribution in [0.5, 0.6) is 0 Å². The van der Waals surface area contributed by atoms with E-state index in [0.29, 0.717) is 0 Å². The molecule has 1 saturated heterocycles. The van der Waals surface area contributed by atoms with Crippen molar-refractivity contribution in [2.45, 2.75) is 82.7 Å². The zero-order chi connectivity index (χ0) is 17.0. The number of rotatable bonds is 5. The molecule has 1 atom stereocenters. The fourth-order valence-electron chi connectivity index (χ4n) is 3.31. The smallest absolute Gasteiger partial charge is 0.342 e. The van der Waals surface area contributed by atoms with Crippen LogP contribution >= 0.6 is 24.0 Å². The Kier molecular flexibility index (Phi) is 6.57. The molecule has 2 N–H and O–H groups in total. The average molecular weight is 360 g/mol. The molecule has 2 amide bonds. The molecule has 1 saturated carbocycles. The molecule has 1 aliphatic carbocycles. The zero-order valence-electron chi connectivity index (χ0n) is 14.4. The van der Waals surface area contributed by atoms with Crippen LogP contribution in [0.3, 0.4) is 0 Å². The van der Waals surface area contributed by atoms with Crippen molar-refractivity contribution < 1.29 is 10.0 Å². The molecule has 0 unspecified atom stereocenters. The third-order valence-corrected chi connectivity index (χ3v) is 6.76. The van der Waals surface area contributed by atoms with Crippen molar-refractivity contribution in [1.29, 1.82) is 0 Å². The number of hydrogen-bond donors (Lipinski definition) is 2. The van der Waals surface area contributed by atoms with Crippen molar-refractivity contribution in [3.63, 3.8) is 0 Å². The highest BCUT2D eigenvalue weighted by atomic mass is 32.2. The van der Waals surface area contributed by atoms with Gasteiger partial charge in [-0.3, -0.25) is 5.21 Å². The Hall–Kier alpha value is -0.530. The third kappa shape index (κ3) is 4.31. The molecule has 0 radical (unpaired) electrons. The molecule has 2 aliphatic rings. The number of urea groups is 1. The van der Waals surface area contributed by atoms with Gasteiger partial charge in [0.25, 0.3) is 0 Å². The summed E-state index contributed by atoms with van der Waals surface area (Å²) in [5, 5.41) is 13.9. The van der Waals surface area contributed by atoms with Gasteiger partial charge in [-0.1, -0.05) is 56.6 Å². The second-order valence-electron chi connectivity index (χ2n) is 7.02. The van der Waals surface area contributed by atoms with E-state index in [9.17, 15) is 10.0 Å². The van der Waals surface area contributed by atoms with E-state index in [0.717, 1.165) is 54.5 Å². The summed E-state index contributed by atoms with van der Waals surface area (Å²) < 4.78 is 0.762. The van der Waals surface area contributed by atoms with Crippen molar-refractivity contribution in [2.24, 2.45) is 0 Å². The Balaban J connectivity index is 1.98. The number of unbranched alkanes of at least 4 members (excludes halogenated alkanes) is 1. The minimum atomic E-state index is -0.400. The molecule has 2 rings (SSSR count). The minimum absolute atomic E-state index is 0.184. The molecular formula is C16H29N3O2S2. The molecule has 1 heterocycles. The minimum Gasteiger partial charge on any atom is -0.349 e. The van der Waals surface area contributed by atoms with Gasteiger partial charge in [-0.25, -0.2) is 4.79 Å². The number of hydroxylamine groups is 2. The topological polar surface area (TPSA) is 55.8 Å². The van der Waals surface area contributed by atoms with E-state index in [1.54, 1.807) is 0 Å². The van der Waals surface area contributed by atoms with E-state index in [1.165, 1.54) is 18.2 Å². The summed E-state index contributed by atoms with van der Waals surface area (Å²) in [5.74, 6) is 0. The Bertz CT molecular complexity index is 439. The molecule has 2 fully saturated rings. The van der Waals surface area contributed by atoms with Crippen molar-refractivity contribution in [3.05, 3.63) is 0 Å². The number of thiocarbonyl (C=S) groups is 1. The quantitative estimate of drug-likeness (QED) is 0.442. The van der Waals surface area contributed by atoms with Gasteiger partial charge in [0, 0.05) is 12.6 Å². The molecule has 0 aromatic rings. The lowest BCUT2D eigenvalue weighted by Crippen LogP contribution is -2.56. The first-order chi connectivity index (χ1) is 10.9. The number of nitrogens with one attached hydrogen (secondary N) is 1. The number of hydrogen-bond acceptors (Lipinski definition) is 4. The van der Waals surface area contributed by atoms with Crippen LogP contribution in [-0.4, -0.2) is 49.0 Å². The summed E-state index contributed by atoms with van der Waals surface area (Å²) in [6.45, 7) is 7.09. The largest absolute Gasteiger partial charge is 0.349 e. The summed E-state index contributed by atoms with van der Waals surface area (Å²) in [6, 6.07) is -0.217. The van der Waals surface area contributed by atoms with E-state index in [1.807, 2.05) is 13.8 Å². The Morgan fingerprint density at radius 3 is 2.70 bits per heavy atom. The van der Waals surface area contributed by atoms with Crippen molar-refractivity contribution in [1.82, 2.24) is 15.3 Å². The van der Waals surface area contributed by atoms with Gasteiger partial charge in [0.05, 0.1) is 5.54 Å². The van der Waals surface area contributed by atoms with Crippen molar-refractivity contribution in [3.8, 4) is 0 Å². The van der Waals surface area contributed by atoms with Crippen LogP contribution in [-0.2, 0) is 0 Å². The summed E-state index contributed by atoms with van der Waals surface area (Å²) in [5.41, 5.74) is -0.379. The fourth-order valence-corrected chi connectivity index (χ4v) is 5.17. The summed E-state index contributed by atoms with van der Waals surface area (Å²) in [7, 11) is 0. The first-order valence-corrected chi connectivity index (χ1v) is 9.93. The van der Waals surface area contributed by atoms with Crippen molar-refractivity contribution in [2.75, 3.05) is 6.54 Å². The lowest BCUT2D eigenvalue weighted by Gasteiger charge is -2.38. The highest BCUT2D eigenvalue weighted by Gasteiger charge is 2.49. The molecule has 0 spiro atoms. The summed E-state index contributed by atoms with van der Waals surface area (Å²) in [4.78, 5) is 14.5. The van der Waals surface area contributed by atoms with Crippen LogP contribution in [0.25, 0.3) is 0 Å². The van der Waals surface area contributed by atoms with Crippen LogP contribution in [0.4, 0.5) is 4.79 Å². The van der Waals surface area contributed by atoms with E-state index in [4.69, 9.17) is 12.2 Å². The number of thioether (sulfide) groups is 1. The second-order valence-corrected chi connectivity index (χ2v) is 8.74. The first kappa shape index (κ1) is 18.8. The highest BCUT2D eigenvalue weighted by Crippen LogP contribution is 2.41. The van der Waals surface area contributed by atoms with Gasteiger partial charge >= 0.3 is 6.03 Å². The predicted octanol–water partition coefficient (Wildman–Crippen LogP) is 3.96. The maximum Gasteiger partial charge on any atom is 0.342 e. The molecule has 5 nitrogen and oxygen atoms in total. The van der Waals surface area contributed by atoms with Gasteiger partial charge in [-0.05, 0) is 33.1 Å². The average Bonchev–Trinajstić information content (AvgIpc) is 2.75. The number of carbonyl (C=O) groups excluding carboxylic acids is 1. The highest BCUT2D eigenvalue weighted by molar-refractivity contribution is 8.23. The third-order valence-electron chi connectivity index (χ3n) is 4.83. The molecule has 0 aromatic heterocycles. The lowest BCUT2D eigenvalue weighted by molar-refractivity contribution is -0.0794. The van der Waals surface area contributed by atoms with Crippen LogP contribution < -0.4 is 5.32 Å². The molecule has 23 heavy (non-hydrogen) atoms. The van der Waals surface area contributed by atoms with Crippen LogP contribution in [0, 0.1) is 0 Å². The Morgan fingerprint density at radius 1 is 1.43 bits per heavy atom. The number of carbonyl (C=O) groups is 1. The van der Waals surface area contributed by atoms with Crippen molar-refractivity contribution >= 4 is 34.3 Å². The lowest BCUT2D eigenvalue weighted by atomic mass is 9.96. The molecular weight excluding hydrogens is 330 g/mol. The first-order valence-electron chi connectivity index (χ1n) is 8.64.